The van der Waals surface area contributed by atoms with E-state index in [1.165, 1.54) is 31.7 Å². The summed E-state index contributed by atoms with van der Waals surface area (Å²) in [5.41, 5.74) is 7.17. The van der Waals surface area contributed by atoms with E-state index in [-0.39, 0.29) is 19.0 Å². The van der Waals surface area contributed by atoms with Gasteiger partial charge in [0.2, 0.25) is 0 Å². The van der Waals surface area contributed by atoms with Gasteiger partial charge in [-0.1, -0.05) is 25.0 Å². The molecule has 0 radical (unpaired) electrons. The van der Waals surface area contributed by atoms with Gasteiger partial charge in [0.25, 0.3) is 0 Å². The van der Waals surface area contributed by atoms with Gasteiger partial charge in [-0.25, -0.2) is 4.39 Å². The van der Waals surface area contributed by atoms with Gasteiger partial charge in [-0.15, -0.1) is 0 Å². The Morgan fingerprint density at radius 1 is 1.32 bits per heavy atom. The molecule has 0 heterocycles. The molecule has 0 saturated heterocycles. The van der Waals surface area contributed by atoms with Crippen LogP contribution in [-0.2, 0) is 13.1 Å². The summed E-state index contributed by atoms with van der Waals surface area (Å²) < 4.78 is 13.4. The number of benzene rings is 1. The number of aliphatic hydroxyl groups is 1. The van der Waals surface area contributed by atoms with E-state index in [9.17, 15) is 9.50 Å². The van der Waals surface area contributed by atoms with Crippen LogP contribution >= 0.6 is 0 Å². The van der Waals surface area contributed by atoms with E-state index in [2.05, 4.69) is 4.90 Å². The minimum atomic E-state index is -0.235. The monoisotopic (exact) mass is 266 g/mol. The van der Waals surface area contributed by atoms with Gasteiger partial charge in [0, 0.05) is 31.2 Å². The van der Waals surface area contributed by atoms with Crippen molar-refractivity contribution >= 4 is 0 Å². The predicted molar refractivity (Wildman–Crippen MR) is 74.0 cm³/mol. The molecule has 0 unspecified atom stereocenters. The summed E-state index contributed by atoms with van der Waals surface area (Å²) in [6, 6.07) is 5.70. The van der Waals surface area contributed by atoms with Crippen molar-refractivity contribution in [1.82, 2.24) is 4.90 Å². The van der Waals surface area contributed by atoms with Gasteiger partial charge < -0.3 is 10.8 Å². The molecule has 0 bridgehead atoms. The molecular weight excluding hydrogens is 243 g/mol. The van der Waals surface area contributed by atoms with Gasteiger partial charge >= 0.3 is 0 Å². The van der Waals surface area contributed by atoms with E-state index in [1.54, 1.807) is 0 Å². The van der Waals surface area contributed by atoms with Crippen LogP contribution in [0.5, 0.6) is 0 Å². The van der Waals surface area contributed by atoms with Crippen LogP contribution in [0.1, 0.15) is 36.8 Å². The first-order valence-electron chi connectivity index (χ1n) is 7.07. The van der Waals surface area contributed by atoms with Gasteiger partial charge in [-0.3, -0.25) is 4.90 Å². The molecule has 1 fully saturated rings. The zero-order valence-corrected chi connectivity index (χ0v) is 11.3. The molecule has 106 valence electrons. The molecule has 1 aliphatic carbocycles. The Bertz CT molecular complexity index is 405. The predicted octanol–water partition coefficient (Wildman–Crippen LogP) is 2.02. The highest BCUT2D eigenvalue weighted by atomic mass is 19.1. The number of nitrogens with zero attached hydrogens (tertiary/aromatic N) is 1. The van der Waals surface area contributed by atoms with Gasteiger partial charge in [0.1, 0.15) is 5.82 Å². The lowest BCUT2D eigenvalue weighted by molar-refractivity contribution is 0.145. The Kier molecular flexibility index (Phi) is 5.31. The van der Waals surface area contributed by atoms with Crippen molar-refractivity contribution in [3.63, 3.8) is 0 Å². The Balaban J connectivity index is 2.07. The average Bonchev–Trinajstić information content (AvgIpc) is 2.94. The summed E-state index contributed by atoms with van der Waals surface area (Å²) in [7, 11) is 0. The Morgan fingerprint density at radius 2 is 2.05 bits per heavy atom. The molecule has 1 aliphatic rings. The summed E-state index contributed by atoms with van der Waals surface area (Å²) in [4.78, 5) is 2.31. The highest BCUT2D eigenvalue weighted by Gasteiger charge is 2.22. The van der Waals surface area contributed by atoms with E-state index >= 15 is 0 Å². The summed E-state index contributed by atoms with van der Waals surface area (Å²) in [6.07, 6.45) is 4.93. The summed E-state index contributed by atoms with van der Waals surface area (Å²) in [6.45, 7) is 1.84. The van der Waals surface area contributed by atoms with Crippen LogP contribution in [0.25, 0.3) is 0 Å². The second kappa shape index (κ2) is 6.98. The SMILES string of the molecule is NCc1cc(CN(CCO)C2CCCC2)ccc1F. The standard InChI is InChI=1S/C15H23FN2O/c16-15-6-5-12(9-13(15)10-17)11-18(7-8-19)14-3-1-2-4-14/h5-6,9,14,19H,1-4,7-8,10-11,17H2. The molecule has 0 spiro atoms. The van der Waals surface area contributed by atoms with Crippen LogP contribution in [-0.4, -0.2) is 29.2 Å². The third-order valence-electron chi connectivity index (χ3n) is 3.94. The van der Waals surface area contributed by atoms with Crippen LogP contribution in [0.2, 0.25) is 0 Å². The van der Waals surface area contributed by atoms with Crippen molar-refractivity contribution in [2.24, 2.45) is 5.73 Å². The van der Waals surface area contributed by atoms with Gasteiger partial charge in [-0.05, 0) is 24.5 Å². The minimum absolute atomic E-state index is 0.168. The molecule has 2 rings (SSSR count). The van der Waals surface area contributed by atoms with Crippen LogP contribution < -0.4 is 5.73 Å². The van der Waals surface area contributed by atoms with E-state index in [0.717, 1.165) is 12.1 Å². The first-order valence-corrected chi connectivity index (χ1v) is 7.07. The second-order valence-electron chi connectivity index (χ2n) is 5.26. The maximum Gasteiger partial charge on any atom is 0.127 e. The summed E-state index contributed by atoms with van der Waals surface area (Å²) >= 11 is 0. The topological polar surface area (TPSA) is 49.5 Å². The number of hydrogen-bond acceptors (Lipinski definition) is 3. The summed E-state index contributed by atoms with van der Waals surface area (Å²) in [5.74, 6) is -0.235. The van der Waals surface area contributed by atoms with Gasteiger partial charge in [0.05, 0.1) is 6.61 Å². The molecule has 0 amide bonds. The maximum atomic E-state index is 13.4. The minimum Gasteiger partial charge on any atom is -0.395 e. The largest absolute Gasteiger partial charge is 0.395 e. The highest BCUT2D eigenvalue weighted by molar-refractivity contribution is 5.25. The molecule has 1 aromatic rings. The number of rotatable bonds is 6. The van der Waals surface area contributed by atoms with Crippen LogP contribution in [0.15, 0.2) is 18.2 Å². The molecule has 4 heteroatoms. The highest BCUT2D eigenvalue weighted by Crippen LogP contribution is 2.25. The third kappa shape index (κ3) is 3.75. The molecule has 19 heavy (non-hydrogen) atoms. The van der Waals surface area contributed by atoms with Crippen molar-refractivity contribution in [1.29, 1.82) is 0 Å². The summed E-state index contributed by atoms with van der Waals surface area (Å²) in [5, 5.41) is 9.20. The molecule has 1 saturated carbocycles. The van der Waals surface area contributed by atoms with E-state index in [4.69, 9.17) is 5.73 Å². The molecule has 0 aliphatic heterocycles. The number of nitrogens with two attached hydrogens (primary N) is 1. The fourth-order valence-corrected chi connectivity index (χ4v) is 2.91. The molecular formula is C15H23FN2O. The fourth-order valence-electron chi connectivity index (χ4n) is 2.91. The second-order valence-corrected chi connectivity index (χ2v) is 5.26. The van der Waals surface area contributed by atoms with Crippen molar-refractivity contribution in [2.45, 2.75) is 44.8 Å². The molecule has 0 atom stereocenters. The van der Waals surface area contributed by atoms with Crippen molar-refractivity contribution < 1.29 is 9.50 Å². The lowest BCUT2D eigenvalue weighted by Crippen LogP contribution is -2.35. The molecule has 3 nitrogen and oxygen atoms in total. The normalized spacial score (nSPS) is 16.4. The number of aliphatic hydroxyl groups excluding tert-OH is 1. The average molecular weight is 266 g/mol. The third-order valence-corrected chi connectivity index (χ3v) is 3.94. The van der Waals surface area contributed by atoms with Gasteiger partial charge in [-0.2, -0.15) is 0 Å². The smallest absolute Gasteiger partial charge is 0.127 e. The van der Waals surface area contributed by atoms with Crippen molar-refractivity contribution in [3.8, 4) is 0 Å². The first kappa shape index (κ1) is 14.4. The zero-order chi connectivity index (χ0) is 13.7. The van der Waals surface area contributed by atoms with Crippen molar-refractivity contribution in [2.75, 3.05) is 13.2 Å². The number of halogens is 1. The molecule has 0 aromatic heterocycles. The maximum absolute atomic E-state index is 13.4. The van der Waals surface area contributed by atoms with Crippen LogP contribution in [0.3, 0.4) is 0 Å². The number of hydrogen-bond donors (Lipinski definition) is 2. The Hall–Kier alpha value is -0.970. The fraction of sp³-hybridized carbons (Fsp3) is 0.600. The van der Waals surface area contributed by atoms with E-state index < -0.39 is 0 Å². The Labute approximate surface area is 114 Å². The van der Waals surface area contributed by atoms with Gasteiger partial charge in [0.15, 0.2) is 0 Å². The lowest BCUT2D eigenvalue weighted by Gasteiger charge is -2.28. The van der Waals surface area contributed by atoms with E-state index in [0.29, 0.717) is 18.2 Å². The molecule has 1 aromatic carbocycles. The Morgan fingerprint density at radius 3 is 2.68 bits per heavy atom. The lowest BCUT2D eigenvalue weighted by atomic mass is 10.1. The van der Waals surface area contributed by atoms with Crippen LogP contribution in [0, 0.1) is 5.82 Å². The quantitative estimate of drug-likeness (QED) is 0.828. The molecule has 3 N–H and O–H groups in total. The van der Waals surface area contributed by atoms with E-state index in [1.807, 2.05) is 12.1 Å². The van der Waals surface area contributed by atoms with Crippen LogP contribution in [0.4, 0.5) is 4.39 Å². The first-order chi connectivity index (χ1) is 9.24. The zero-order valence-electron chi connectivity index (χ0n) is 11.3. The van der Waals surface area contributed by atoms with Crippen molar-refractivity contribution in [3.05, 3.63) is 35.1 Å².